The molecule has 6 nitrogen and oxygen atoms in total. The van der Waals surface area contributed by atoms with Crippen LogP contribution in [0.2, 0.25) is 0 Å². The van der Waals surface area contributed by atoms with Crippen LogP contribution in [0.1, 0.15) is 16.7 Å². The normalized spacial score (nSPS) is 10.6. The van der Waals surface area contributed by atoms with E-state index in [0.717, 1.165) is 16.7 Å². The molecule has 6 heteroatoms. The fourth-order valence-electron chi connectivity index (χ4n) is 2.58. The summed E-state index contributed by atoms with van der Waals surface area (Å²) >= 11 is 0. The Morgan fingerprint density at radius 3 is 2.07 bits per heavy atom. The predicted molar refractivity (Wildman–Crippen MR) is 103 cm³/mol. The van der Waals surface area contributed by atoms with E-state index in [1.54, 1.807) is 25.3 Å². The minimum Gasteiger partial charge on any atom is -0.496 e. The molecular formula is C21H24O6. The molecule has 2 aromatic carbocycles. The van der Waals surface area contributed by atoms with Gasteiger partial charge in [-0.05, 0) is 42.8 Å². The maximum absolute atomic E-state index is 12.1. The SMILES string of the molecule is COc1ccc(C)cc1COC(=O)/C=C/c1cc(OC)c(OC)c(OC)c1. The van der Waals surface area contributed by atoms with Crippen LogP contribution >= 0.6 is 0 Å². The number of methoxy groups -OCH3 is 4. The Hall–Kier alpha value is -3.15. The topological polar surface area (TPSA) is 63.2 Å². The van der Waals surface area contributed by atoms with Crippen LogP contribution in [-0.4, -0.2) is 34.4 Å². The molecule has 2 aromatic rings. The Bertz CT molecular complexity index is 800. The summed E-state index contributed by atoms with van der Waals surface area (Å²) in [5.74, 6) is 1.73. The van der Waals surface area contributed by atoms with Crippen molar-refractivity contribution < 1.29 is 28.5 Å². The van der Waals surface area contributed by atoms with E-state index >= 15 is 0 Å². The molecule has 0 aromatic heterocycles. The quantitative estimate of drug-likeness (QED) is 0.519. The van der Waals surface area contributed by atoms with E-state index < -0.39 is 5.97 Å². The lowest BCUT2D eigenvalue weighted by Gasteiger charge is -2.12. The Morgan fingerprint density at radius 2 is 1.52 bits per heavy atom. The first kappa shape index (κ1) is 20.2. The highest BCUT2D eigenvalue weighted by Crippen LogP contribution is 2.38. The summed E-state index contributed by atoms with van der Waals surface area (Å²) in [4.78, 5) is 12.1. The smallest absolute Gasteiger partial charge is 0.331 e. The van der Waals surface area contributed by atoms with Crippen molar-refractivity contribution >= 4 is 12.0 Å². The number of hydrogen-bond acceptors (Lipinski definition) is 6. The van der Waals surface area contributed by atoms with E-state index in [1.165, 1.54) is 27.4 Å². The molecule has 0 spiro atoms. The molecule has 0 heterocycles. The Labute approximate surface area is 159 Å². The molecule has 0 bridgehead atoms. The van der Waals surface area contributed by atoms with Gasteiger partial charge in [0.25, 0.3) is 0 Å². The summed E-state index contributed by atoms with van der Waals surface area (Å²) in [7, 11) is 6.19. The summed E-state index contributed by atoms with van der Waals surface area (Å²) in [6.45, 7) is 2.10. The summed E-state index contributed by atoms with van der Waals surface area (Å²) in [6, 6.07) is 9.21. The van der Waals surface area contributed by atoms with E-state index in [4.69, 9.17) is 23.7 Å². The predicted octanol–water partition coefficient (Wildman–Crippen LogP) is 3.79. The number of rotatable bonds is 8. The van der Waals surface area contributed by atoms with Gasteiger partial charge in [0.05, 0.1) is 28.4 Å². The minimum atomic E-state index is -0.465. The minimum absolute atomic E-state index is 0.128. The highest BCUT2D eigenvalue weighted by Gasteiger charge is 2.12. The molecule has 0 N–H and O–H groups in total. The van der Waals surface area contributed by atoms with Crippen LogP contribution in [-0.2, 0) is 16.1 Å². The molecule has 0 atom stereocenters. The van der Waals surface area contributed by atoms with Gasteiger partial charge in [-0.2, -0.15) is 0 Å². The van der Waals surface area contributed by atoms with Crippen LogP contribution in [0, 0.1) is 6.92 Å². The van der Waals surface area contributed by atoms with Crippen molar-refractivity contribution in [3.63, 3.8) is 0 Å². The summed E-state index contributed by atoms with van der Waals surface area (Å²) in [5.41, 5.74) is 2.59. The fourth-order valence-corrected chi connectivity index (χ4v) is 2.58. The molecule has 0 radical (unpaired) electrons. The molecule has 0 unspecified atom stereocenters. The van der Waals surface area contributed by atoms with Gasteiger partial charge in [0.15, 0.2) is 11.5 Å². The number of hydrogen-bond donors (Lipinski definition) is 0. The van der Waals surface area contributed by atoms with Crippen molar-refractivity contribution in [3.05, 3.63) is 53.1 Å². The largest absolute Gasteiger partial charge is 0.496 e. The Morgan fingerprint density at radius 1 is 0.889 bits per heavy atom. The number of benzene rings is 2. The van der Waals surface area contributed by atoms with Crippen LogP contribution in [0.25, 0.3) is 6.08 Å². The number of esters is 1. The summed E-state index contributed by atoms with van der Waals surface area (Å²) < 4.78 is 26.5. The molecular weight excluding hydrogens is 348 g/mol. The monoisotopic (exact) mass is 372 g/mol. The lowest BCUT2D eigenvalue weighted by Crippen LogP contribution is -2.02. The molecule has 2 rings (SSSR count). The number of ether oxygens (including phenoxy) is 5. The first-order chi connectivity index (χ1) is 13.0. The van der Waals surface area contributed by atoms with Crippen LogP contribution in [0.3, 0.4) is 0 Å². The van der Waals surface area contributed by atoms with Gasteiger partial charge in [0, 0.05) is 11.6 Å². The lowest BCUT2D eigenvalue weighted by atomic mass is 10.1. The molecule has 0 saturated carbocycles. The second kappa shape index (κ2) is 9.52. The van der Waals surface area contributed by atoms with Gasteiger partial charge in [-0.25, -0.2) is 4.79 Å². The average molecular weight is 372 g/mol. The maximum Gasteiger partial charge on any atom is 0.331 e. The van der Waals surface area contributed by atoms with Crippen molar-refractivity contribution in [1.29, 1.82) is 0 Å². The Kier molecular flexibility index (Phi) is 7.11. The van der Waals surface area contributed by atoms with E-state index in [9.17, 15) is 4.79 Å². The number of carbonyl (C=O) groups is 1. The zero-order chi connectivity index (χ0) is 19.8. The molecule has 0 aliphatic carbocycles. The van der Waals surface area contributed by atoms with Crippen molar-refractivity contribution in [1.82, 2.24) is 0 Å². The van der Waals surface area contributed by atoms with E-state index in [2.05, 4.69) is 0 Å². The zero-order valence-corrected chi connectivity index (χ0v) is 16.2. The van der Waals surface area contributed by atoms with Gasteiger partial charge in [0.1, 0.15) is 12.4 Å². The number of aryl methyl sites for hydroxylation is 1. The van der Waals surface area contributed by atoms with Crippen molar-refractivity contribution in [3.8, 4) is 23.0 Å². The van der Waals surface area contributed by atoms with Crippen LogP contribution in [0.5, 0.6) is 23.0 Å². The summed E-state index contributed by atoms with van der Waals surface area (Å²) in [6.07, 6.45) is 2.98. The molecule has 0 amide bonds. The molecule has 0 saturated heterocycles. The Balaban J connectivity index is 2.10. The van der Waals surface area contributed by atoms with Gasteiger partial charge in [-0.15, -0.1) is 0 Å². The van der Waals surface area contributed by atoms with Crippen molar-refractivity contribution in [2.75, 3.05) is 28.4 Å². The van der Waals surface area contributed by atoms with Crippen LogP contribution in [0.15, 0.2) is 36.4 Å². The molecule has 144 valence electrons. The van der Waals surface area contributed by atoms with Crippen LogP contribution < -0.4 is 18.9 Å². The van der Waals surface area contributed by atoms with Crippen molar-refractivity contribution in [2.45, 2.75) is 13.5 Å². The van der Waals surface area contributed by atoms with Gasteiger partial charge in [0.2, 0.25) is 5.75 Å². The van der Waals surface area contributed by atoms with Gasteiger partial charge in [-0.1, -0.05) is 11.6 Å². The van der Waals surface area contributed by atoms with E-state index in [-0.39, 0.29) is 6.61 Å². The zero-order valence-electron chi connectivity index (χ0n) is 16.2. The second-order valence-electron chi connectivity index (χ2n) is 5.72. The van der Waals surface area contributed by atoms with Gasteiger partial charge >= 0.3 is 5.97 Å². The molecule has 0 fully saturated rings. The fraction of sp³-hybridized carbons (Fsp3) is 0.286. The maximum atomic E-state index is 12.1. The third-order valence-corrected chi connectivity index (χ3v) is 3.90. The first-order valence-corrected chi connectivity index (χ1v) is 8.30. The van der Waals surface area contributed by atoms with E-state index in [0.29, 0.717) is 23.0 Å². The van der Waals surface area contributed by atoms with Crippen molar-refractivity contribution in [2.24, 2.45) is 0 Å². The van der Waals surface area contributed by atoms with Gasteiger partial charge < -0.3 is 23.7 Å². The first-order valence-electron chi connectivity index (χ1n) is 8.30. The highest BCUT2D eigenvalue weighted by molar-refractivity contribution is 5.87. The molecule has 0 aliphatic rings. The van der Waals surface area contributed by atoms with Crippen LogP contribution in [0.4, 0.5) is 0 Å². The standard InChI is InChI=1S/C21H24O6/c1-14-6-8-17(23-2)16(10-14)13-27-20(22)9-7-15-11-18(24-3)21(26-5)19(12-15)25-4/h6-12H,13H2,1-5H3/b9-7+. The lowest BCUT2D eigenvalue weighted by molar-refractivity contribution is -0.138. The van der Waals surface area contributed by atoms with Gasteiger partial charge in [-0.3, -0.25) is 0 Å². The average Bonchev–Trinajstić information content (AvgIpc) is 2.69. The van der Waals surface area contributed by atoms with E-state index in [1.807, 2.05) is 25.1 Å². The molecule has 27 heavy (non-hydrogen) atoms. The third-order valence-electron chi connectivity index (χ3n) is 3.90. The third kappa shape index (κ3) is 5.17. The number of carbonyl (C=O) groups excluding carboxylic acids is 1. The second-order valence-corrected chi connectivity index (χ2v) is 5.72. The summed E-state index contributed by atoms with van der Waals surface area (Å²) in [5, 5.41) is 0. The highest BCUT2D eigenvalue weighted by atomic mass is 16.5. The molecule has 0 aliphatic heterocycles.